The third-order valence-corrected chi connectivity index (χ3v) is 5.12. The van der Waals surface area contributed by atoms with Crippen LogP contribution < -0.4 is 9.46 Å². The Kier molecular flexibility index (Phi) is 5.59. The molecule has 0 saturated heterocycles. The standard InChI is InChI=1S/C16H13F6NO4S/c1-27-13-9-10(14(24,15(17,18)19)16(20,21)22)7-8-12(13)23-28(25,26)11-5-3-2-4-6-11/h2-9,23-24H,1H3. The Morgan fingerprint density at radius 1 is 0.929 bits per heavy atom. The van der Waals surface area contributed by atoms with Gasteiger partial charge in [0.1, 0.15) is 5.75 Å². The maximum atomic E-state index is 13.0. The van der Waals surface area contributed by atoms with Crippen LogP contribution in [0, 0.1) is 0 Å². The normalized spacial score (nSPS) is 13.3. The highest BCUT2D eigenvalue weighted by Crippen LogP contribution is 2.51. The van der Waals surface area contributed by atoms with Crippen LogP contribution in [0.4, 0.5) is 32.0 Å². The lowest BCUT2D eigenvalue weighted by molar-refractivity contribution is -0.376. The van der Waals surface area contributed by atoms with E-state index in [4.69, 9.17) is 4.74 Å². The molecular weight excluding hydrogens is 416 g/mol. The van der Waals surface area contributed by atoms with Crippen molar-refractivity contribution in [2.75, 3.05) is 11.8 Å². The Balaban J connectivity index is 2.53. The first-order chi connectivity index (χ1) is 12.7. The zero-order valence-electron chi connectivity index (χ0n) is 14.0. The third kappa shape index (κ3) is 3.87. The molecule has 0 bridgehead atoms. The van der Waals surface area contributed by atoms with Crippen LogP contribution in [0.2, 0.25) is 0 Å². The van der Waals surface area contributed by atoms with Crippen LogP contribution in [-0.4, -0.2) is 33.0 Å². The molecule has 0 unspecified atom stereocenters. The number of alkyl halides is 6. The Labute approximate surface area is 155 Å². The monoisotopic (exact) mass is 429 g/mol. The molecule has 0 aromatic heterocycles. The highest BCUT2D eigenvalue weighted by molar-refractivity contribution is 7.92. The van der Waals surface area contributed by atoms with Crippen molar-refractivity contribution in [1.82, 2.24) is 0 Å². The van der Waals surface area contributed by atoms with Crippen LogP contribution in [-0.2, 0) is 15.6 Å². The van der Waals surface area contributed by atoms with Crippen LogP contribution in [0.3, 0.4) is 0 Å². The Hall–Kier alpha value is -2.47. The number of anilines is 1. The van der Waals surface area contributed by atoms with Crippen molar-refractivity contribution in [2.24, 2.45) is 0 Å². The van der Waals surface area contributed by atoms with Crippen molar-refractivity contribution in [2.45, 2.75) is 22.8 Å². The predicted molar refractivity (Wildman–Crippen MR) is 86.3 cm³/mol. The number of nitrogens with one attached hydrogen (secondary N) is 1. The molecule has 0 fully saturated rings. The third-order valence-electron chi connectivity index (χ3n) is 3.74. The van der Waals surface area contributed by atoms with E-state index < -0.39 is 45.0 Å². The summed E-state index contributed by atoms with van der Waals surface area (Å²) in [7, 11) is -3.27. The van der Waals surface area contributed by atoms with Gasteiger partial charge in [0, 0.05) is 5.56 Å². The van der Waals surface area contributed by atoms with Gasteiger partial charge in [0.05, 0.1) is 17.7 Å². The quantitative estimate of drug-likeness (QED) is 0.709. The molecule has 0 radical (unpaired) electrons. The maximum Gasteiger partial charge on any atom is 0.430 e. The minimum atomic E-state index is -6.08. The second-order valence-corrected chi connectivity index (χ2v) is 7.22. The second kappa shape index (κ2) is 7.17. The minimum Gasteiger partial charge on any atom is -0.495 e. The van der Waals surface area contributed by atoms with E-state index in [0.29, 0.717) is 12.1 Å². The Bertz CT molecular complexity index is 928. The van der Waals surface area contributed by atoms with Crippen molar-refractivity contribution < 1.29 is 44.6 Å². The predicted octanol–water partition coefficient (Wildman–Crippen LogP) is 3.81. The van der Waals surface area contributed by atoms with Crippen LogP contribution in [0.5, 0.6) is 5.75 Å². The average Bonchev–Trinajstić information content (AvgIpc) is 2.60. The number of hydrogen-bond acceptors (Lipinski definition) is 4. The SMILES string of the molecule is COc1cc(C(O)(C(F)(F)F)C(F)(F)F)ccc1NS(=O)(=O)c1ccccc1. The molecule has 2 N–H and O–H groups in total. The number of halogens is 6. The van der Waals surface area contributed by atoms with Gasteiger partial charge < -0.3 is 9.84 Å². The molecule has 0 saturated carbocycles. The van der Waals surface area contributed by atoms with Gasteiger partial charge in [-0.15, -0.1) is 0 Å². The van der Waals surface area contributed by atoms with E-state index in [0.717, 1.165) is 7.11 Å². The van der Waals surface area contributed by atoms with E-state index in [9.17, 15) is 39.9 Å². The molecule has 2 aromatic carbocycles. The number of sulfonamides is 1. The molecule has 0 heterocycles. The maximum absolute atomic E-state index is 13.0. The van der Waals surface area contributed by atoms with E-state index in [1.807, 2.05) is 4.72 Å². The zero-order valence-corrected chi connectivity index (χ0v) is 14.8. The van der Waals surface area contributed by atoms with Gasteiger partial charge in [0.25, 0.3) is 15.6 Å². The fraction of sp³-hybridized carbons (Fsp3) is 0.250. The van der Waals surface area contributed by atoms with Gasteiger partial charge in [0.2, 0.25) is 0 Å². The Morgan fingerprint density at radius 3 is 1.93 bits per heavy atom. The van der Waals surface area contributed by atoms with Crippen molar-refractivity contribution in [3.05, 3.63) is 54.1 Å². The summed E-state index contributed by atoms with van der Waals surface area (Å²) in [5.41, 5.74) is -7.15. The molecule has 0 atom stereocenters. The number of hydrogen-bond donors (Lipinski definition) is 2. The topological polar surface area (TPSA) is 75.6 Å². The molecule has 2 rings (SSSR count). The molecule has 0 aliphatic carbocycles. The first-order valence-electron chi connectivity index (χ1n) is 7.36. The summed E-state index contributed by atoms with van der Waals surface area (Å²) in [6.45, 7) is 0. The fourth-order valence-electron chi connectivity index (χ4n) is 2.29. The number of benzene rings is 2. The molecule has 28 heavy (non-hydrogen) atoms. The lowest BCUT2D eigenvalue weighted by Gasteiger charge is -2.33. The number of ether oxygens (including phenoxy) is 1. The summed E-state index contributed by atoms with van der Waals surface area (Å²) in [5.74, 6) is -0.649. The van der Waals surface area contributed by atoms with Gasteiger partial charge in [-0.05, 0) is 24.3 Å². The van der Waals surface area contributed by atoms with Gasteiger partial charge in [-0.25, -0.2) is 8.42 Å². The summed E-state index contributed by atoms with van der Waals surface area (Å²) < 4.78 is 109. The highest BCUT2D eigenvalue weighted by Gasteiger charge is 2.71. The molecule has 0 amide bonds. The molecule has 5 nitrogen and oxygen atoms in total. The van der Waals surface area contributed by atoms with E-state index in [1.54, 1.807) is 6.07 Å². The molecule has 12 heteroatoms. The molecule has 0 spiro atoms. The first-order valence-corrected chi connectivity index (χ1v) is 8.84. The van der Waals surface area contributed by atoms with Crippen molar-refractivity contribution in [3.8, 4) is 5.75 Å². The molecule has 2 aromatic rings. The molecule has 0 aliphatic heterocycles. The summed E-state index contributed by atoms with van der Waals surface area (Å²) in [6.07, 6.45) is -12.2. The van der Waals surface area contributed by atoms with Crippen LogP contribution in [0.15, 0.2) is 53.4 Å². The van der Waals surface area contributed by atoms with E-state index in [1.165, 1.54) is 24.3 Å². The molecular formula is C16H13F6NO4S. The van der Waals surface area contributed by atoms with Gasteiger partial charge in [-0.3, -0.25) is 4.72 Å². The van der Waals surface area contributed by atoms with E-state index >= 15 is 0 Å². The zero-order chi connectivity index (χ0) is 21.4. The van der Waals surface area contributed by atoms with Gasteiger partial charge in [-0.1, -0.05) is 24.3 Å². The van der Waals surface area contributed by atoms with Crippen molar-refractivity contribution >= 4 is 15.7 Å². The highest BCUT2D eigenvalue weighted by atomic mass is 32.2. The molecule has 0 aliphatic rings. The number of aliphatic hydroxyl groups is 1. The van der Waals surface area contributed by atoms with Crippen LogP contribution in [0.25, 0.3) is 0 Å². The van der Waals surface area contributed by atoms with Gasteiger partial charge in [0.15, 0.2) is 0 Å². The smallest absolute Gasteiger partial charge is 0.430 e. The Morgan fingerprint density at radius 2 is 1.46 bits per heavy atom. The van der Waals surface area contributed by atoms with Gasteiger partial charge >= 0.3 is 12.4 Å². The summed E-state index contributed by atoms with van der Waals surface area (Å²) in [5, 5.41) is 9.43. The van der Waals surface area contributed by atoms with E-state index in [2.05, 4.69) is 0 Å². The average molecular weight is 429 g/mol. The number of methoxy groups -OCH3 is 1. The summed E-state index contributed by atoms with van der Waals surface area (Å²) in [6, 6.07) is 8.06. The van der Waals surface area contributed by atoms with Crippen molar-refractivity contribution in [1.29, 1.82) is 0 Å². The minimum absolute atomic E-state index is 0.191. The van der Waals surface area contributed by atoms with Gasteiger partial charge in [-0.2, -0.15) is 26.3 Å². The molecule has 154 valence electrons. The lowest BCUT2D eigenvalue weighted by atomic mass is 9.92. The largest absolute Gasteiger partial charge is 0.495 e. The first kappa shape index (κ1) is 21.8. The summed E-state index contributed by atoms with van der Waals surface area (Å²) >= 11 is 0. The fourth-order valence-corrected chi connectivity index (χ4v) is 3.38. The number of rotatable bonds is 5. The van der Waals surface area contributed by atoms with Crippen LogP contribution in [0.1, 0.15) is 5.56 Å². The lowest BCUT2D eigenvalue weighted by Crippen LogP contribution is -2.53. The summed E-state index contributed by atoms with van der Waals surface area (Å²) in [4.78, 5) is -0.191. The van der Waals surface area contributed by atoms with Crippen LogP contribution >= 0.6 is 0 Å². The van der Waals surface area contributed by atoms with Crippen molar-refractivity contribution in [3.63, 3.8) is 0 Å². The second-order valence-electron chi connectivity index (χ2n) is 5.54. The van der Waals surface area contributed by atoms with E-state index in [-0.39, 0.29) is 11.0 Å².